The normalized spacial score (nSPS) is 17.8. The van der Waals surface area contributed by atoms with Gasteiger partial charge in [-0.1, -0.05) is 52.3 Å². The summed E-state index contributed by atoms with van der Waals surface area (Å²) >= 11 is 9.55. The fraction of sp³-hybridized carbons (Fsp3) is 0.214. The molecule has 4 nitrogen and oxygen atoms in total. The molecule has 0 radical (unpaired) electrons. The van der Waals surface area contributed by atoms with E-state index in [0.717, 1.165) is 27.5 Å². The van der Waals surface area contributed by atoms with Crippen molar-refractivity contribution in [2.45, 2.75) is 39.4 Å². The molecule has 0 spiro atoms. The molecule has 6 heteroatoms. The zero-order valence-electron chi connectivity index (χ0n) is 19.5. The van der Waals surface area contributed by atoms with E-state index in [2.05, 4.69) is 112 Å². The predicted octanol–water partition coefficient (Wildman–Crippen LogP) is 6.80. The Labute approximate surface area is 214 Å². The summed E-state index contributed by atoms with van der Waals surface area (Å²) in [6, 6.07) is 25.3. The minimum absolute atomic E-state index is 0.0151. The second kappa shape index (κ2) is 9.35. The van der Waals surface area contributed by atoms with E-state index in [9.17, 15) is 0 Å². The van der Waals surface area contributed by atoms with Crippen LogP contribution in [-0.4, -0.2) is 14.7 Å². The lowest BCUT2D eigenvalue weighted by atomic mass is 9.96. The first kappa shape index (κ1) is 22.8. The van der Waals surface area contributed by atoms with E-state index in [1.165, 1.54) is 28.1 Å². The molecule has 0 unspecified atom stereocenters. The molecule has 5 rings (SSSR count). The summed E-state index contributed by atoms with van der Waals surface area (Å²) in [5.41, 5.74) is 8.27. The SMILES string of the molecule is Cc1cc(N2C(=S)N[C@@H](c3ccccn3)[C@H]2c2cc(C)n(Cc3ccccc3)c2C)ccc1Br. The Morgan fingerprint density at radius 3 is 2.44 bits per heavy atom. The van der Waals surface area contributed by atoms with Crippen molar-refractivity contribution in [3.63, 3.8) is 0 Å². The van der Waals surface area contributed by atoms with Crippen LogP contribution in [0.25, 0.3) is 0 Å². The number of rotatable bonds is 5. The van der Waals surface area contributed by atoms with Crippen LogP contribution in [0.1, 0.15) is 45.9 Å². The highest BCUT2D eigenvalue weighted by Gasteiger charge is 2.42. The largest absolute Gasteiger partial charge is 0.351 e. The van der Waals surface area contributed by atoms with E-state index in [1.807, 2.05) is 18.3 Å². The molecule has 1 aliphatic rings. The van der Waals surface area contributed by atoms with Gasteiger partial charge in [-0.05, 0) is 86.1 Å². The number of nitrogens with zero attached hydrogens (tertiary/aromatic N) is 3. The molecule has 172 valence electrons. The summed E-state index contributed by atoms with van der Waals surface area (Å²) in [5, 5.41) is 4.30. The molecule has 1 saturated heterocycles. The predicted molar refractivity (Wildman–Crippen MR) is 146 cm³/mol. The van der Waals surface area contributed by atoms with Crippen molar-refractivity contribution >= 4 is 38.9 Å². The maximum Gasteiger partial charge on any atom is 0.174 e. The first-order valence-electron chi connectivity index (χ1n) is 11.4. The number of aromatic nitrogens is 2. The van der Waals surface area contributed by atoms with Crippen molar-refractivity contribution in [1.82, 2.24) is 14.9 Å². The fourth-order valence-electron chi connectivity index (χ4n) is 4.86. The minimum atomic E-state index is -0.0525. The third-order valence-corrected chi connectivity index (χ3v) is 7.84. The first-order valence-corrected chi connectivity index (χ1v) is 12.6. The van der Waals surface area contributed by atoms with Crippen LogP contribution in [0.15, 0.2) is 83.5 Å². The molecule has 3 heterocycles. The zero-order valence-corrected chi connectivity index (χ0v) is 21.9. The average Bonchev–Trinajstić information content (AvgIpc) is 3.33. The van der Waals surface area contributed by atoms with E-state index in [1.54, 1.807) is 0 Å². The maximum absolute atomic E-state index is 5.91. The molecule has 1 aliphatic heterocycles. The summed E-state index contributed by atoms with van der Waals surface area (Å²) in [6.45, 7) is 7.35. The maximum atomic E-state index is 5.91. The molecule has 0 aliphatic carbocycles. The van der Waals surface area contributed by atoms with E-state index < -0.39 is 0 Å². The fourth-order valence-corrected chi connectivity index (χ4v) is 5.46. The number of hydrogen-bond donors (Lipinski definition) is 1. The molecular formula is C28H27BrN4S. The van der Waals surface area contributed by atoms with Crippen LogP contribution in [0, 0.1) is 20.8 Å². The van der Waals surface area contributed by atoms with Gasteiger partial charge in [0, 0.05) is 34.3 Å². The van der Waals surface area contributed by atoms with Crippen molar-refractivity contribution in [3.8, 4) is 0 Å². The number of halogens is 1. The lowest BCUT2D eigenvalue weighted by Gasteiger charge is -2.28. The molecule has 2 aromatic heterocycles. The topological polar surface area (TPSA) is 33.1 Å². The van der Waals surface area contributed by atoms with Gasteiger partial charge in [-0.25, -0.2) is 0 Å². The molecule has 2 aromatic carbocycles. The molecular weight excluding hydrogens is 504 g/mol. The lowest BCUT2D eigenvalue weighted by molar-refractivity contribution is 0.563. The molecule has 2 atom stereocenters. The van der Waals surface area contributed by atoms with Crippen LogP contribution < -0.4 is 10.2 Å². The van der Waals surface area contributed by atoms with Crippen molar-refractivity contribution in [1.29, 1.82) is 0 Å². The number of hydrogen-bond acceptors (Lipinski definition) is 2. The minimum Gasteiger partial charge on any atom is -0.351 e. The molecule has 4 aromatic rings. The van der Waals surface area contributed by atoms with Gasteiger partial charge >= 0.3 is 0 Å². The third kappa shape index (κ3) is 4.17. The number of benzene rings is 2. The van der Waals surface area contributed by atoms with Crippen LogP contribution in [0.4, 0.5) is 5.69 Å². The summed E-state index contributed by atoms with van der Waals surface area (Å²) in [4.78, 5) is 6.95. The van der Waals surface area contributed by atoms with E-state index in [0.29, 0.717) is 0 Å². The van der Waals surface area contributed by atoms with Gasteiger partial charge in [0.2, 0.25) is 0 Å². The van der Waals surface area contributed by atoms with E-state index in [4.69, 9.17) is 17.2 Å². The van der Waals surface area contributed by atoms with E-state index >= 15 is 0 Å². The number of nitrogens with one attached hydrogen (secondary N) is 1. The van der Waals surface area contributed by atoms with Gasteiger partial charge in [-0.15, -0.1) is 0 Å². The number of anilines is 1. The van der Waals surface area contributed by atoms with Gasteiger partial charge in [0.05, 0.1) is 17.8 Å². The third-order valence-electron chi connectivity index (χ3n) is 6.63. The van der Waals surface area contributed by atoms with Crippen molar-refractivity contribution < 1.29 is 0 Å². The summed E-state index contributed by atoms with van der Waals surface area (Å²) < 4.78 is 3.49. The highest BCUT2D eigenvalue weighted by molar-refractivity contribution is 9.10. The summed E-state index contributed by atoms with van der Waals surface area (Å²) in [6.07, 6.45) is 1.85. The Hall–Kier alpha value is -2.96. The van der Waals surface area contributed by atoms with Gasteiger partial charge in [0.25, 0.3) is 0 Å². The second-order valence-electron chi connectivity index (χ2n) is 8.83. The van der Waals surface area contributed by atoms with Gasteiger partial charge < -0.3 is 14.8 Å². The Balaban J connectivity index is 1.63. The Morgan fingerprint density at radius 2 is 1.74 bits per heavy atom. The Bertz CT molecular complexity index is 1330. The van der Waals surface area contributed by atoms with Crippen molar-refractivity contribution in [2.75, 3.05) is 4.90 Å². The Kier molecular flexibility index (Phi) is 6.28. The summed E-state index contributed by atoms with van der Waals surface area (Å²) in [5.74, 6) is 0. The van der Waals surface area contributed by atoms with Gasteiger partial charge in [-0.2, -0.15) is 0 Å². The Morgan fingerprint density at radius 1 is 0.971 bits per heavy atom. The monoisotopic (exact) mass is 530 g/mol. The number of aryl methyl sites for hydroxylation is 2. The molecule has 0 bridgehead atoms. The van der Waals surface area contributed by atoms with Gasteiger partial charge in [0.15, 0.2) is 5.11 Å². The molecule has 1 fully saturated rings. The van der Waals surface area contributed by atoms with Gasteiger partial charge in [-0.3, -0.25) is 4.98 Å². The van der Waals surface area contributed by atoms with Crippen LogP contribution in [-0.2, 0) is 6.54 Å². The smallest absolute Gasteiger partial charge is 0.174 e. The van der Waals surface area contributed by atoms with Crippen LogP contribution in [0.5, 0.6) is 0 Å². The highest BCUT2D eigenvalue weighted by atomic mass is 79.9. The van der Waals surface area contributed by atoms with Crippen LogP contribution >= 0.6 is 28.1 Å². The molecule has 0 saturated carbocycles. The van der Waals surface area contributed by atoms with Gasteiger partial charge in [0.1, 0.15) is 0 Å². The van der Waals surface area contributed by atoms with E-state index in [-0.39, 0.29) is 12.1 Å². The summed E-state index contributed by atoms with van der Waals surface area (Å²) in [7, 11) is 0. The van der Waals surface area contributed by atoms with Crippen LogP contribution in [0.2, 0.25) is 0 Å². The molecule has 34 heavy (non-hydrogen) atoms. The standard InChI is InChI=1S/C28H27BrN4S/c1-18-15-22(12-13-24(18)29)33-27(26(31-28(33)34)25-11-7-8-14-30-25)23-16-19(2)32(20(23)3)17-21-9-5-4-6-10-21/h4-16,26-27H,17H2,1-3H3,(H,31,34)/t26-,27+/m0/s1. The lowest BCUT2D eigenvalue weighted by Crippen LogP contribution is -2.29. The average molecular weight is 532 g/mol. The first-order chi connectivity index (χ1) is 16.4. The number of pyridine rings is 1. The van der Waals surface area contributed by atoms with Crippen molar-refractivity contribution in [2.24, 2.45) is 0 Å². The highest BCUT2D eigenvalue weighted by Crippen LogP contribution is 2.43. The quantitative estimate of drug-likeness (QED) is 0.287. The molecule has 1 N–H and O–H groups in total. The van der Waals surface area contributed by atoms with Crippen LogP contribution in [0.3, 0.4) is 0 Å². The number of thiocarbonyl (C=S) groups is 1. The molecule has 0 amide bonds. The second-order valence-corrected chi connectivity index (χ2v) is 10.1. The van der Waals surface area contributed by atoms with Crippen molar-refractivity contribution in [3.05, 3.63) is 117 Å². The zero-order chi connectivity index (χ0) is 23.8.